The second kappa shape index (κ2) is 5.70. The van der Waals surface area contributed by atoms with Crippen LogP contribution in [0.1, 0.15) is 31.4 Å². The summed E-state index contributed by atoms with van der Waals surface area (Å²) in [5, 5.41) is 8.61. The van der Waals surface area contributed by atoms with Crippen LogP contribution < -0.4 is 0 Å². The van der Waals surface area contributed by atoms with Crippen LogP contribution in [-0.4, -0.2) is 41.8 Å². The van der Waals surface area contributed by atoms with E-state index in [0.717, 1.165) is 33.9 Å². The third-order valence-corrected chi connectivity index (χ3v) is 6.54. The second-order valence-corrected chi connectivity index (χ2v) is 8.55. The molecule has 1 aliphatic rings. The molecule has 1 fully saturated rings. The monoisotopic (exact) mass is 371 g/mol. The number of piperidine rings is 1. The second-order valence-electron chi connectivity index (χ2n) is 5.37. The number of nitrogens with zero attached hydrogens (tertiary/aromatic N) is 2. The van der Waals surface area contributed by atoms with Gasteiger partial charge in [-0.1, -0.05) is 15.9 Å². The molecule has 1 N–H and O–H groups in total. The number of rotatable bonds is 3. The molecule has 2 heterocycles. The van der Waals surface area contributed by atoms with E-state index in [1.165, 1.54) is 0 Å². The fraction of sp³-hybridized carbons (Fsp3) is 0.500. The Labute approximate surface area is 132 Å². The topological polar surface area (TPSA) is 66.1 Å². The summed E-state index contributed by atoms with van der Waals surface area (Å²) in [4.78, 5) is 0. The van der Waals surface area contributed by atoms with Gasteiger partial charge in [0.15, 0.2) is 0 Å². The van der Waals surface area contributed by atoms with Gasteiger partial charge in [0.25, 0.3) is 0 Å². The lowest BCUT2D eigenvalue weighted by molar-refractivity contribution is 0.318. The van der Waals surface area contributed by atoms with E-state index < -0.39 is 10.0 Å². The summed E-state index contributed by atoms with van der Waals surface area (Å²) in [6, 6.07) is 6.03. The number of H-pyrrole nitrogens is 1. The molecule has 0 aliphatic carbocycles. The summed E-state index contributed by atoms with van der Waals surface area (Å²) in [6.07, 6.45) is 1.67. The number of hydrogen-bond donors (Lipinski definition) is 1. The van der Waals surface area contributed by atoms with Gasteiger partial charge in [-0.05, 0) is 38.0 Å². The summed E-state index contributed by atoms with van der Waals surface area (Å²) in [5.41, 5.74) is 2.08. The highest BCUT2D eigenvalue weighted by Crippen LogP contribution is 2.33. The molecule has 0 amide bonds. The summed E-state index contributed by atoms with van der Waals surface area (Å²) in [5.74, 6) is 0.519. The quantitative estimate of drug-likeness (QED) is 0.901. The van der Waals surface area contributed by atoms with Gasteiger partial charge < -0.3 is 0 Å². The number of benzene rings is 1. The molecule has 7 heteroatoms. The van der Waals surface area contributed by atoms with Crippen molar-refractivity contribution in [2.75, 3.05) is 18.8 Å². The average Bonchev–Trinajstić information content (AvgIpc) is 2.90. The molecule has 1 aromatic heterocycles. The Hall–Kier alpha value is -0.920. The van der Waals surface area contributed by atoms with Crippen molar-refractivity contribution in [3.05, 3.63) is 28.4 Å². The lowest BCUT2D eigenvalue weighted by Gasteiger charge is -2.30. The van der Waals surface area contributed by atoms with Gasteiger partial charge >= 0.3 is 0 Å². The van der Waals surface area contributed by atoms with Crippen LogP contribution in [0.5, 0.6) is 0 Å². The molecule has 114 valence electrons. The van der Waals surface area contributed by atoms with E-state index in [0.29, 0.717) is 19.0 Å². The Morgan fingerprint density at radius 2 is 2.10 bits per heavy atom. The standard InChI is InChI=1S/C14H18BrN3O2S/c1-2-21(19,20)18-7-5-10(6-8-18)14-12-9-11(15)3-4-13(12)16-17-14/h3-4,9-10H,2,5-8H2,1H3,(H,16,17). The van der Waals surface area contributed by atoms with E-state index >= 15 is 0 Å². The molecule has 0 atom stereocenters. The molecule has 1 aliphatic heterocycles. The van der Waals surface area contributed by atoms with Gasteiger partial charge in [-0.3, -0.25) is 5.10 Å². The van der Waals surface area contributed by atoms with Crippen molar-refractivity contribution in [3.8, 4) is 0 Å². The molecule has 2 aromatic rings. The van der Waals surface area contributed by atoms with Gasteiger partial charge in [0, 0.05) is 34.6 Å². The van der Waals surface area contributed by atoms with Crippen LogP contribution in [0.25, 0.3) is 10.9 Å². The molecule has 1 saturated heterocycles. The minimum atomic E-state index is -3.06. The lowest BCUT2D eigenvalue weighted by Crippen LogP contribution is -2.38. The number of fused-ring (bicyclic) bond motifs is 1. The molecule has 0 unspecified atom stereocenters. The fourth-order valence-electron chi connectivity index (χ4n) is 2.92. The third-order valence-electron chi connectivity index (χ3n) is 4.17. The molecule has 5 nitrogen and oxygen atoms in total. The highest BCUT2D eigenvalue weighted by molar-refractivity contribution is 9.10. The van der Waals surface area contributed by atoms with Gasteiger partial charge in [-0.25, -0.2) is 12.7 Å². The predicted molar refractivity (Wildman–Crippen MR) is 86.8 cm³/mol. The molecule has 0 bridgehead atoms. The van der Waals surface area contributed by atoms with Crippen molar-refractivity contribution in [2.45, 2.75) is 25.7 Å². The highest BCUT2D eigenvalue weighted by Gasteiger charge is 2.29. The number of hydrogen-bond acceptors (Lipinski definition) is 3. The van der Waals surface area contributed by atoms with E-state index in [1.54, 1.807) is 11.2 Å². The zero-order valence-electron chi connectivity index (χ0n) is 11.8. The van der Waals surface area contributed by atoms with Crippen LogP contribution in [0.3, 0.4) is 0 Å². The van der Waals surface area contributed by atoms with Gasteiger partial charge in [-0.15, -0.1) is 0 Å². The smallest absolute Gasteiger partial charge is 0.213 e. The first-order valence-corrected chi connectivity index (χ1v) is 9.53. The Bertz CT molecular complexity index is 749. The Balaban J connectivity index is 1.81. The first-order valence-electron chi connectivity index (χ1n) is 7.12. The zero-order valence-corrected chi connectivity index (χ0v) is 14.2. The van der Waals surface area contributed by atoms with Crippen molar-refractivity contribution in [1.29, 1.82) is 0 Å². The van der Waals surface area contributed by atoms with Crippen molar-refractivity contribution in [2.24, 2.45) is 0 Å². The molecule has 0 radical (unpaired) electrons. The van der Waals surface area contributed by atoms with Crippen LogP contribution in [0.4, 0.5) is 0 Å². The fourth-order valence-corrected chi connectivity index (χ4v) is 4.41. The number of halogens is 1. The Kier molecular flexibility index (Phi) is 4.07. The third kappa shape index (κ3) is 2.86. The summed E-state index contributed by atoms with van der Waals surface area (Å²) < 4.78 is 26.4. The normalized spacial score (nSPS) is 18.4. The summed E-state index contributed by atoms with van der Waals surface area (Å²) in [6.45, 7) is 2.88. The molecule has 1 aromatic carbocycles. The first-order chi connectivity index (χ1) is 10.0. The average molecular weight is 372 g/mol. The van der Waals surface area contributed by atoms with Crippen molar-refractivity contribution in [3.63, 3.8) is 0 Å². The van der Waals surface area contributed by atoms with Gasteiger partial charge in [0.2, 0.25) is 10.0 Å². The zero-order chi connectivity index (χ0) is 15.0. The maximum atomic E-state index is 11.9. The number of nitrogens with one attached hydrogen (secondary N) is 1. The van der Waals surface area contributed by atoms with Crippen molar-refractivity contribution < 1.29 is 8.42 Å². The van der Waals surface area contributed by atoms with Crippen LogP contribution >= 0.6 is 15.9 Å². The first kappa shape index (κ1) is 15.0. The number of aromatic amines is 1. The van der Waals surface area contributed by atoms with E-state index in [4.69, 9.17) is 0 Å². The summed E-state index contributed by atoms with van der Waals surface area (Å²) >= 11 is 3.49. The predicted octanol–water partition coefficient (Wildman–Crippen LogP) is 2.85. The van der Waals surface area contributed by atoms with Gasteiger partial charge in [-0.2, -0.15) is 5.10 Å². The molecule has 0 saturated carbocycles. The minimum Gasteiger partial charge on any atom is -0.281 e. The molecule has 21 heavy (non-hydrogen) atoms. The van der Waals surface area contributed by atoms with E-state index in [1.807, 2.05) is 12.1 Å². The minimum absolute atomic E-state index is 0.178. The Morgan fingerprint density at radius 1 is 1.38 bits per heavy atom. The highest BCUT2D eigenvalue weighted by atomic mass is 79.9. The SMILES string of the molecule is CCS(=O)(=O)N1CCC(c2[nH]nc3ccc(Br)cc23)CC1. The van der Waals surface area contributed by atoms with Gasteiger partial charge in [0.05, 0.1) is 11.3 Å². The van der Waals surface area contributed by atoms with Gasteiger partial charge in [0.1, 0.15) is 0 Å². The summed E-state index contributed by atoms with van der Waals surface area (Å²) in [7, 11) is -3.06. The molecule has 3 rings (SSSR count). The van der Waals surface area contributed by atoms with Crippen LogP contribution in [0, 0.1) is 0 Å². The Morgan fingerprint density at radius 3 is 2.76 bits per heavy atom. The largest absolute Gasteiger partial charge is 0.281 e. The molecule has 0 spiro atoms. The van der Waals surface area contributed by atoms with E-state index in [9.17, 15) is 8.42 Å². The molecular formula is C14H18BrN3O2S. The maximum Gasteiger partial charge on any atom is 0.213 e. The van der Waals surface area contributed by atoms with Crippen molar-refractivity contribution >= 4 is 36.9 Å². The van der Waals surface area contributed by atoms with E-state index in [-0.39, 0.29) is 5.75 Å². The van der Waals surface area contributed by atoms with Crippen molar-refractivity contribution in [1.82, 2.24) is 14.5 Å². The van der Waals surface area contributed by atoms with Crippen LogP contribution in [0.15, 0.2) is 22.7 Å². The maximum absolute atomic E-state index is 11.9. The van der Waals surface area contributed by atoms with Crippen LogP contribution in [0.2, 0.25) is 0 Å². The van der Waals surface area contributed by atoms with E-state index in [2.05, 4.69) is 32.2 Å². The lowest BCUT2D eigenvalue weighted by atomic mass is 9.92. The molecular weight excluding hydrogens is 354 g/mol. The number of sulfonamides is 1. The van der Waals surface area contributed by atoms with Crippen LogP contribution in [-0.2, 0) is 10.0 Å². The number of aromatic nitrogens is 2.